The van der Waals surface area contributed by atoms with Crippen LogP contribution >= 0.6 is 11.6 Å². The van der Waals surface area contributed by atoms with E-state index in [1.165, 1.54) is 42.1 Å². The van der Waals surface area contributed by atoms with Gasteiger partial charge in [0.25, 0.3) is 0 Å². The summed E-state index contributed by atoms with van der Waals surface area (Å²) in [5, 5.41) is 8.03. The number of nitrogens with two attached hydrogens (primary N) is 1. The number of aromatic nitrogens is 4. The molecule has 0 saturated carbocycles. The highest BCUT2D eigenvalue weighted by Gasteiger charge is 2.36. The first kappa shape index (κ1) is 21.6. The van der Waals surface area contributed by atoms with Crippen LogP contribution in [0.15, 0.2) is 36.5 Å². The van der Waals surface area contributed by atoms with Gasteiger partial charge in [0, 0.05) is 18.8 Å². The van der Waals surface area contributed by atoms with Crippen LogP contribution in [0.25, 0.3) is 11.4 Å². The van der Waals surface area contributed by atoms with Crippen molar-refractivity contribution < 1.29 is 22.7 Å². The fourth-order valence-electron chi connectivity index (χ4n) is 2.94. The lowest BCUT2D eigenvalue weighted by molar-refractivity contribution is -0.137. The smallest absolute Gasteiger partial charge is 0.417 e. The minimum Gasteiger partial charge on any atom is -0.462 e. The number of alkyl halides is 3. The molecule has 3 aromatic rings. The molecule has 2 N–H and O–H groups in total. The van der Waals surface area contributed by atoms with Crippen molar-refractivity contribution in [1.82, 2.24) is 19.7 Å². The lowest BCUT2D eigenvalue weighted by atomic mass is 10.1. The minimum absolute atomic E-state index is 0.00640. The van der Waals surface area contributed by atoms with E-state index in [1.54, 1.807) is 13.8 Å². The first-order valence-corrected chi connectivity index (χ1v) is 9.00. The number of primary amides is 1. The van der Waals surface area contributed by atoms with Gasteiger partial charge >= 0.3 is 6.18 Å². The Morgan fingerprint density at radius 2 is 1.87 bits per heavy atom. The number of amides is 1. The normalized spacial score (nSPS) is 12.1. The number of carbonyl (C=O) groups excluding carboxylic acids is 1. The molecule has 30 heavy (non-hydrogen) atoms. The Kier molecular flexibility index (Phi) is 5.46. The predicted octanol–water partition coefficient (Wildman–Crippen LogP) is 3.96. The Morgan fingerprint density at radius 3 is 2.47 bits per heavy atom. The predicted molar refractivity (Wildman–Crippen MR) is 103 cm³/mol. The van der Waals surface area contributed by atoms with E-state index in [4.69, 9.17) is 22.1 Å². The molecule has 2 aromatic heterocycles. The molecule has 7 nitrogen and oxygen atoms in total. The van der Waals surface area contributed by atoms with Crippen LogP contribution < -0.4 is 10.5 Å². The van der Waals surface area contributed by atoms with Gasteiger partial charge in [0.1, 0.15) is 5.02 Å². The van der Waals surface area contributed by atoms with Gasteiger partial charge in [0.05, 0.1) is 11.1 Å². The second-order valence-electron chi connectivity index (χ2n) is 6.94. The van der Waals surface area contributed by atoms with Crippen LogP contribution in [0.4, 0.5) is 13.2 Å². The molecule has 3 rings (SSSR count). The number of rotatable bonds is 5. The maximum atomic E-state index is 13.4. The Bertz CT molecular complexity index is 1110. The molecule has 1 amide bonds. The van der Waals surface area contributed by atoms with E-state index in [9.17, 15) is 18.0 Å². The molecule has 2 heterocycles. The number of hydrogen-bond donors (Lipinski definition) is 1. The molecular weight excluding hydrogens is 423 g/mol. The van der Waals surface area contributed by atoms with E-state index >= 15 is 0 Å². The third kappa shape index (κ3) is 4.09. The van der Waals surface area contributed by atoms with Gasteiger partial charge in [0.15, 0.2) is 17.2 Å². The molecule has 0 saturated heterocycles. The highest BCUT2D eigenvalue weighted by atomic mass is 35.5. The Balaban J connectivity index is 1.99. The first-order valence-electron chi connectivity index (χ1n) is 8.62. The van der Waals surface area contributed by atoms with E-state index < -0.39 is 23.2 Å². The van der Waals surface area contributed by atoms with Crippen molar-refractivity contribution in [2.24, 2.45) is 12.8 Å². The van der Waals surface area contributed by atoms with Crippen molar-refractivity contribution in [1.29, 1.82) is 0 Å². The zero-order valence-corrected chi connectivity index (χ0v) is 16.9. The second kappa shape index (κ2) is 7.60. The lowest BCUT2D eigenvalue weighted by Gasteiger charge is -2.25. The number of pyridine rings is 1. The SMILES string of the molecule is Cn1c(-c2ccccc2C(F)(F)F)nnc1C(C)(C)Oc1ncc(C(N)=O)cc1Cl. The number of ether oxygens (including phenoxy) is 1. The molecule has 0 atom stereocenters. The number of nitrogens with zero attached hydrogens (tertiary/aromatic N) is 4. The van der Waals surface area contributed by atoms with Crippen molar-refractivity contribution in [3.05, 3.63) is 58.5 Å². The first-order chi connectivity index (χ1) is 13.9. The van der Waals surface area contributed by atoms with E-state index in [0.29, 0.717) is 0 Å². The van der Waals surface area contributed by atoms with Crippen LogP contribution in [0.5, 0.6) is 5.88 Å². The molecule has 0 radical (unpaired) electrons. The highest BCUT2D eigenvalue weighted by molar-refractivity contribution is 6.32. The molecule has 0 unspecified atom stereocenters. The van der Waals surface area contributed by atoms with Crippen LogP contribution in [-0.2, 0) is 18.8 Å². The summed E-state index contributed by atoms with van der Waals surface area (Å²) < 4.78 is 47.4. The molecule has 0 aliphatic heterocycles. The third-order valence-corrected chi connectivity index (χ3v) is 4.60. The van der Waals surface area contributed by atoms with Gasteiger partial charge in [0.2, 0.25) is 11.8 Å². The third-order valence-electron chi connectivity index (χ3n) is 4.33. The number of hydrogen-bond acceptors (Lipinski definition) is 5. The summed E-state index contributed by atoms with van der Waals surface area (Å²) in [4.78, 5) is 15.2. The number of halogens is 4. The van der Waals surface area contributed by atoms with Crippen LogP contribution in [-0.4, -0.2) is 25.7 Å². The zero-order valence-electron chi connectivity index (χ0n) is 16.2. The fourth-order valence-corrected chi connectivity index (χ4v) is 3.14. The molecular formula is C19H17ClF3N5O2. The summed E-state index contributed by atoms with van der Waals surface area (Å²) in [6.07, 6.45) is -3.34. The molecule has 0 aliphatic carbocycles. The molecule has 0 bridgehead atoms. The van der Waals surface area contributed by atoms with Crippen LogP contribution in [0, 0.1) is 0 Å². The van der Waals surface area contributed by atoms with Gasteiger partial charge in [-0.2, -0.15) is 13.2 Å². The Morgan fingerprint density at radius 1 is 1.20 bits per heavy atom. The highest BCUT2D eigenvalue weighted by Crippen LogP contribution is 2.37. The van der Waals surface area contributed by atoms with Crippen molar-refractivity contribution in [3.63, 3.8) is 0 Å². The van der Waals surface area contributed by atoms with E-state index in [2.05, 4.69) is 15.2 Å². The summed E-state index contributed by atoms with van der Waals surface area (Å²) in [6.45, 7) is 3.27. The summed E-state index contributed by atoms with van der Waals surface area (Å²) >= 11 is 6.12. The summed E-state index contributed by atoms with van der Waals surface area (Å²) in [5.41, 5.74) is 3.20. The van der Waals surface area contributed by atoms with Gasteiger partial charge < -0.3 is 15.0 Å². The maximum Gasteiger partial charge on any atom is 0.417 e. The van der Waals surface area contributed by atoms with Crippen molar-refractivity contribution in [2.45, 2.75) is 25.6 Å². The molecule has 1 aromatic carbocycles. The fraction of sp³-hybridized carbons (Fsp3) is 0.263. The standard InChI is InChI=1S/C19H17ClF3N5O2/c1-18(2,30-16-13(20)8-10(9-25-16)14(24)29)17-27-26-15(28(17)3)11-6-4-5-7-12(11)19(21,22)23/h4-9H,1-3H3,(H2,24,29). The average Bonchev–Trinajstić information content (AvgIpc) is 3.04. The topological polar surface area (TPSA) is 95.9 Å². The average molecular weight is 440 g/mol. The number of carbonyl (C=O) groups is 1. The van der Waals surface area contributed by atoms with E-state index in [1.807, 2.05) is 0 Å². The largest absolute Gasteiger partial charge is 0.462 e. The Labute approximate surface area is 174 Å². The van der Waals surface area contributed by atoms with Crippen molar-refractivity contribution in [3.8, 4) is 17.3 Å². The van der Waals surface area contributed by atoms with Gasteiger partial charge in [-0.25, -0.2) is 4.98 Å². The van der Waals surface area contributed by atoms with Gasteiger partial charge in [-0.3, -0.25) is 4.79 Å². The van der Waals surface area contributed by atoms with Gasteiger partial charge in [-0.1, -0.05) is 29.8 Å². The number of benzene rings is 1. The summed E-state index contributed by atoms with van der Waals surface area (Å²) in [7, 11) is 1.54. The monoisotopic (exact) mass is 439 g/mol. The quantitative estimate of drug-likeness (QED) is 0.649. The molecule has 0 spiro atoms. The zero-order chi connectivity index (χ0) is 22.3. The van der Waals surface area contributed by atoms with Crippen molar-refractivity contribution >= 4 is 17.5 Å². The Hall–Kier alpha value is -3.14. The van der Waals surface area contributed by atoms with E-state index in [0.717, 1.165) is 6.07 Å². The lowest BCUT2D eigenvalue weighted by Crippen LogP contribution is -2.30. The van der Waals surface area contributed by atoms with Crippen molar-refractivity contribution in [2.75, 3.05) is 0 Å². The van der Waals surface area contributed by atoms with Crippen LogP contribution in [0.1, 0.15) is 35.6 Å². The minimum atomic E-state index is -4.55. The second-order valence-corrected chi connectivity index (χ2v) is 7.34. The molecule has 0 aliphatic rings. The van der Waals surface area contributed by atoms with E-state index in [-0.39, 0.29) is 33.7 Å². The maximum absolute atomic E-state index is 13.4. The van der Waals surface area contributed by atoms with Gasteiger partial charge in [-0.05, 0) is 26.0 Å². The van der Waals surface area contributed by atoms with Crippen LogP contribution in [0.2, 0.25) is 5.02 Å². The van der Waals surface area contributed by atoms with Gasteiger partial charge in [-0.15, -0.1) is 10.2 Å². The molecule has 158 valence electrons. The summed E-state index contributed by atoms with van der Waals surface area (Å²) in [6, 6.07) is 6.41. The molecule has 11 heteroatoms. The molecule has 0 fully saturated rings. The summed E-state index contributed by atoms with van der Waals surface area (Å²) in [5.74, 6) is -0.424. The van der Waals surface area contributed by atoms with Crippen LogP contribution in [0.3, 0.4) is 0 Å².